The lowest BCUT2D eigenvalue weighted by molar-refractivity contribution is -0.143. The third kappa shape index (κ3) is 6.18. The Labute approximate surface area is 151 Å². The molecule has 0 atom stereocenters. The maximum Gasteiger partial charge on any atom is 0.307 e. The van der Waals surface area contributed by atoms with Crippen LogP contribution in [0.2, 0.25) is 0 Å². The minimum Gasteiger partial charge on any atom is -0.466 e. The molecule has 138 valence electrons. The molecule has 1 aromatic carbocycles. The lowest BCUT2D eigenvalue weighted by Gasteiger charge is -2.33. The quantitative estimate of drug-likeness (QED) is 0.713. The summed E-state index contributed by atoms with van der Waals surface area (Å²) in [5.74, 6) is -0.190. The Kier molecular flexibility index (Phi) is 7.96. The Hall–Kier alpha value is -1.84. The van der Waals surface area contributed by atoms with E-state index in [4.69, 9.17) is 4.74 Å². The fourth-order valence-corrected chi connectivity index (χ4v) is 3.50. The minimum absolute atomic E-state index is 0.0369. The zero-order valence-corrected chi connectivity index (χ0v) is 15.6. The Morgan fingerprint density at radius 3 is 2.24 bits per heavy atom. The van der Waals surface area contributed by atoms with Crippen LogP contribution in [0.3, 0.4) is 0 Å². The number of ether oxygens (including phenoxy) is 1. The summed E-state index contributed by atoms with van der Waals surface area (Å²) in [5, 5.41) is 0. The molecule has 0 aromatic heterocycles. The van der Waals surface area contributed by atoms with Crippen molar-refractivity contribution in [2.24, 2.45) is 0 Å². The van der Waals surface area contributed by atoms with Crippen molar-refractivity contribution >= 4 is 11.9 Å². The van der Waals surface area contributed by atoms with Crippen molar-refractivity contribution in [2.45, 2.75) is 71.3 Å². The fourth-order valence-electron chi connectivity index (χ4n) is 3.50. The average Bonchev–Trinajstić information content (AvgIpc) is 2.57. The molecular formula is C21H31NO3. The Morgan fingerprint density at radius 1 is 1.04 bits per heavy atom. The van der Waals surface area contributed by atoms with E-state index in [1.54, 1.807) is 0 Å². The van der Waals surface area contributed by atoms with Gasteiger partial charge in [-0.15, -0.1) is 0 Å². The van der Waals surface area contributed by atoms with Crippen LogP contribution in [-0.2, 0) is 9.53 Å². The first-order chi connectivity index (χ1) is 12.1. The van der Waals surface area contributed by atoms with E-state index in [0.717, 1.165) is 31.2 Å². The predicted molar refractivity (Wildman–Crippen MR) is 99.6 cm³/mol. The molecule has 0 unspecified atom stereocenters. The number of hydrogen-bond acceptors (Lipinski definition) is 3. The van der Waals surface area contributed by atoms with Gasteiger partial charge in [-0.1, -0.05) is 49.8 Å². The van der Waals surface area contributed by atoms with Crippen LogP contribution in [0.25, 0.3) is 0 Å². The van der Waals surface area contributed by atoms with Crippen LogP contribution in [0.5, 0.6) is 0 Å². The molecule has 0 aliphatic heterocycles. The highest BCUT2D eigenvalue weighted by Crippen LogP contribution is 2.23. The summed E-state index contributed by atoms with van der Waals surface area (Å²) in [6, 6.07) is 7.93. The Balaban J connectivity index is 2.12. The molecule has 0 radical (unpaired) electrons. The van der Waals surface area contributed by atoms with E-state index in [2.05, 4.69) is 0 Å². The second kappa shape index (κ2) is 10.2. The number of esters is 1. The van der Waals surface area contributed by atoms with Crippen molar-refractivity contribution in [3.63, 3.8) is 0 Å². The smallest absolute Gasteiger partial charge is 0.307 e. The van der Waals surface area contributed by atoms with Crippen LogP contribution in [-0.4, -0.2) is 36.0 Å². The molecule has 4 heteroatoms. The van der Waals surface area contributed by atoms with Gasteiger partial charge in [0.15, 0.2) is 0 Å². The first-order valence-electron chi connectivity index (χ1n) is 9.65. The topological polar surface area (TPSA) is 46.6 Å². The van der Waals surface area contributed by atoms with Crippen molar-refractivity contribution in [2.75, 3.05) is 13.2 Å². The molecule has 0 spiro atoms. The summed E-state index contributed by atoms with van der Waals surface area (Å²) in [4.78, 5) is 26.8. The molecule has 4 nitrogen and oxygen atoms in total. The number of carbonyl (C=O) groups is 2. The monoisotopic (exact) mass is 345 g/mol. The standard InChI is InChI=1S/C21H31NO3/c1-3-25-20(23)15-16-22(19-9-7-5-4-6-8-10-19)21(24)18-13-11-17(2)12-14-18/h11-14,19H,3-10,15-16H2,1-2H3. The average molecular weight is 345 g/mol. The number of benzene rings is 1. The first kappa shape index (κ1) is 19.5. The van der Waals surface area contributed by atoms with Gasteiger partial charge in [-0.2, -0.15) is 0 Å². The lowest BCUT2D eigenvalue weighted by atomic mass is 9.95. The highest BCUT2D eigenvalue weighted by Gasteiger charge is 2.25. The molecule has 0 N–H and O–H groups in total. The Morgan fingerprint density at radius 2 is 1.64 bits per heavy atom. The second-order valence-corrected chi connectivity index (χ2v) is 6.92. The van der Waals surface area contributed by atoms with Crippen molar-refractivity contribution < 1.29 is 14.3 Å². The van der Waals surface area contributed by atoms with Crippen LogP contribution in [0, 0.1) is 6.92 Å². The van der Waals surface area contributed by atoms with Gasteiger partial charge in [-0.3, -0.25) is 9.59 Å². The van der Waals surface area contributed by atoms with Crippen molar-refractivity contribution in [1.82, 2.24) is 4.90 Å². The van der Waals surface area contributed by atoms with Gasteiger partial charge < -0.3 is 9.64 Å². The van der Waals surface area contributed by atoms with E-state index < -0.39 is 0 Å². The van der Waals surface area contributed by atoms with E-state index in [9.17, 15) is 9.59 Å². The van der Waals surface area contributed by atoms with Crippen LogP contribution >= 0.6 is 0 Å². The summed E-state index contributed by atoms with van der Waals surface area (Å²) in [6.07, 6.45) is 8.40. The molecule has 1 aromatic rings. The van der Waals surface area contributed by atoms with E-state index in [1.807, 2.05) is 43.0 Å². The largest absolute Gasteiger partial charge is 0.466 e. The fraction of sp³-hybridized carbons (Fsp3) is 0.619. The molecule has 0 bridgehead atoms. The van der Waals surface area contributed by atoms with Crippen LogP contribution in [0.4, 0.5) is 0 Å². The van der Waals surface area contributed by atoms with Gasteiger partial charge in [0.1, 0.15) is 0 Å². The minimum atomic E-state index is -0.227. The Bertz CT molecular complexity index is 545. The van der Waals surface area contributed by atoms with Gasteiger partial charge >= 0.3 is 5.97 Å². The van der Waals surface area contributed by atoms with Crippen molar-refractivity contribution in [3.05, 3.63) is 35.4 Å². The normalized spacial score (nSPS) is 15.9. The number of rotatable bonds is 6. The first-order valence-corrected chi connectivity index (χ1v) is 9.65. The highest BCUT2D eigenvalue weighted by atomic mass is 16.5. The molecule has 0 heterocycles. The molecule has 1 saturated carbocycles. The van der Waals surface area contributed by atoms with Gasteiger partial charge in [-0.05, 0) is 38.8 Å². The predicted octanol–water partition coefficient (Wildman–Crippen LogP) is 4.50. The van der Waals surface area contributed by atoms with E-state index in [1.165, 1.54) is 19.3 Å². The summed E-state index contributed by atoms with van der Waals surface area (Å²) < 4.78 is 5.05. The van der Waals surface area contributed by atoms with E-state index in [0.29, 0.717) is 18.7 Å². The van der Waals surface area contributed by atoms with E-state index in [-0.39, 0.29) is 24.3 Å². The van der Waals surface area contributed by atoms with Crippen molar-refractivity contribution in [3.8, 4) is 0 Å². The second-order valence-electron chi connectivity index (χ2n) is 6.92. The third-order valence-corrected chi connectivity index (χ3v) is 4.94. The molecule has 2 rings (SSSR count). The SMILES string of the molecule is CCOC(=O)CCN(C(=O)c1ccc(C)cc1)C1CCCCCCC1. The van der Waals surface area contributed by atoms with Gasteiger partial charge in [0.2, 0.25) is 0 Å². The maximum atomic E-state index is 13.1. The zero-order valence-electron chi connectivity index (χ0n) is 15.6. The summed E-state index contributed by atoms with van der Waals surface area (Å²) in [6.45, 7) is 4.65. The number of carbonyl (C=O) groups excluding carboxylic acids is 2. The molecule has 1 amide bonds. The van der Waals surface area contributed by atoms with Gasteiger partial charge in [0.25, 0.3) is 5.91 Å². The lowest BCUT2D eigenvalue weighted by Crippen LogP contribution is -2.42. The van der Waals surface area contributed by atoms with Gasteiger partial charge in [0, 0.05) is 18.2 Å². The molecule has 0 saturated heterocycles. The summed E-state index contributed by atoms with van der Waals surface area (Å²) >= 11 is 0. The summed E-state index contributed by atoms with van der Waals surface area (Å²) in [7, 11) is 0. The van der Waals surface area contributed by atoms with E-state index >= 15 is 0 Å². The molecule has 1 aliphatic rings. The maximum absolute atomic E-state index is 13.1. The van der Waals surface area contributed by atoms with Gasteiger partial charge in [0.05, 0.1) is 13.0 Å². The molecule has 1 fully saturated rings. The number of hydrogen-bond donors (Lipinski definition) is 0. The highest BCUT2D eigenvalue weighted by molar-refractivity contribution is 5.94. The number of nitrogens with zero attached hydrogens (tertiary/aromatic N) is 1. The van der Waals surface area contributed by atoms with Gasteiger partial charge in [-0.25, -0.2) is 0 Å². The number of amides is 1. The van der Waals surface area contributed by atoms with Crippen molar-refractivity contribution in [1.29, 1.82) is 0 Å². The third-order valence-electron chi connectivity index (χ3n) is 4.94. The van der Waals surface area contributed by atoms with Crippen LogP contribution in [0.15, 0.2) is 24.3 Å². The molecule has 25 heavy (non-hydrogen) atoms. The van der Waals surface area contributed by atoms with Crippen LogP contribution < -0.4 is 0 Å². The zero-order chi connectivity index (χ0) is 18.1. The molecular weight excluding hydrogens is 314 g/mol. The summed E-state index contributed by atoms with van der Waals surface area (Å²) in [5.41, 5.74) is 1.84. The van der Waals surface area contributed by atoms with Crippen LogP contribution in [0.1, 0.15) is 74.2 Å². The molecule has 1 aliphatic carbocycles. The number of aryl methyl sites for hydroxylation is 1.